The van der Waals surface area contributed by atoms with Crippen LogP contribution in [0.3, 0.4) is 0 Å². The molecule has 1 aliphatic rings. The lowest BCUT2D eigenvalue weighted by molar-refractivity contribution is -0.135. The van der Waals surface area contributed by atoms with Crippen LogP contribution < -0.4 is 5.32 Å². The quantitative estimate of drug-likeness (QED) is 0.904. The number of nitrogens with zero attached hydrogens (tertiary/aromatic N) is 2. The van der Waals surface area contributed by atoms with Crippen LogP contribution in [0.15, 0.2) is 24.3 Å². The minimum Gasteiger partial charge on any atom is -0.341 e. The van der Waals surface area contributed by atoms with Crippen molar-refractivity contribution in [3.8, 4) is 0 Å². The van der Waals surface area contributed by atoms with Gasteiger partial charge in [-0.15, -0.1) is 0 Å². The minimum absolute atomic E-state index is 0.0966. The molecule has 0 saturated carbocycles. The van der Waals surface area contributed by atoms with Gasteiger partial charge < -0.3 is 10.2 Å². The van der Waals surface area contributed by atoms with Gasteiger partial charge in [0.25, 0.3) is 0 Å². The predicted octanol–water partition coefficient (Wildman–Crippen LogP) is 2.22. The van der Waals surface area contributed by atoms with Gasteiger partial charge in [0.15, 0.2) is 0 Å². The first kappa shape index (κ1) is 16.8. The molecule has 1 heterocycles. The second-order valence-corrected chi connectivity index (χ2v) is 6.11. The summed E-state index contributed by atoms with van der Waals surface area (Å²) in [5.41, 5.74) is 0.696. The van der Waals surface area contributed by atoms with Crippen LogP contribution in [0, 0.1) is 0 Å². The van der Waals surface area contributed by atoms with Gasteiger partial charge in [-0.2, -0.15) is 0 Å². The number of likely N-dealkylation sites (tertiary alicyclic amines) is 1. The van der Waals surface area contributed by atoms with Crippen LogP contribution in [-0.2, 0) is 9.59 Å². The topological polar surface area (TPSA) is 52.7 Å². The largest absolute Gasteiger partial charge is 0.341 e. The van der Waals surface area contributed by atoms with E-state index in [2.05, 4.69) is 5.32 Å². The molecule has 1 atom stereocenters. The molecule has 120 valence electrons. The standard InChI is InChI=1S/C16H22ClN3O2/c1-12(16(22)20-9-3-4-10-20)19(2)11-15(21)18-14-7-5-13(17)6-8-14/h5-8,12H,3-4,9-11H2,1-2H3,(H,18,21)/t12-/m0/s1. The summed E-state index contributed by atoms with van der Waals surface area (Å²) in [7, 11) is 1.79. The molecular weight excluding hydrogens is 302 g/mol. The Hall–Kier alpha value is -1.59. The van der Waals surface area contributed by atoms with Crippen LogP contribution in [0.5, 0.6) is 0 Å². The van der Waals surface area contributed by atoms with E-state index in [0.29, 0.717) is 10.7 Å². The van der Waals surface area contributed by atoms with Crippen LogP contribution in [0.2, 0.25) is 5.02 Å². The lowest BCUT2D eigenvalue weighted by Crippen LogP contribution is -2.46. The number of carbonyl (C=O) groups excluding carboxylic acids is 2. The molecule has 22 heavy (non-hydrogen) atoms. The van der Waals surface area contributed by atoms with E-state index in [4.69, 9.17) is 11.6 Å². The number of likely N-dealkylation sites (N-methyl/N-ethyl adjacent to an activating group) is 1. The van der Waals surface area contributed by atoms with Gasteiger partial charge in [0.1, 0.15) is 0 Å². The first-order chi connectivity index (χ1) is 10.5. The summed E-state index contributed by atoms with van der Waals surface area (Å²) in [6.07, 6.45) is 2.14. The van der Waals surface area contributed by atoms with Gasteiger partial charge in [-0.25, -0.2) is 0 Å². The van der Waals surface area contributed by atoms with Crippen LogP contribution in [-0.4, -0.2) is 54.3 Å². The Labute approximate surface area is 136 Å². The molecule has 6 heteroatoms. The molecule has 0 radical (unpaired) electrons. The lowest BCUT2D eigenvalue weighted by atomic mass is 10.2. The Morgan fingerprint density at radius 3 is 2.45 bits per heavy atom. The number of benzene rings is 1. The van der Waals surface area contributed by atoms with E-state index >= 15 is 0 Å². The number of carbonyl (C=O) groups is 2. The summed E-state index contributed by atoms with van der Waals surface area (Å²) in [5, 5.41) is 3.42. The molecule has 1 aromatic carbocycles. The second kappa shape index (κ2) is 7.61. The Kier molecular flexibility index (Phi) is 5.80. The van der Waals surface area contributed by atoms with E-state index in [1.165, 1.54) is 0 Å². The number of nitrogens with one attached hydrogen (secondary N) is 1. The summed E-state index contributed by atoms with van der Waals surface area (Å²) >= 11 is 5.81. The molecule has 0 bridgehead atoms. The molecule has 0 aliphatic carbocycles. The summed E-state index contributed by atoms with van der Waals surface area (Å²) in [4.78, 5) is 28.0. The number of amides is 2. The van der Waals surface area contributed by atoms with Crippen molar-refractivity contribution < 1.29 is 9.59 Å². The van der Waals surface area contributed by atoms with E-state index in [-0.39, 0.29) is 24.4 Å². The first-order valence-corrected chi connectivity index (χ1v) is 7.89. The molecule has 0 unspecified atom stereocenters. The molecule has 0 aromatic heterocycles. The highest BCUT2D eigenvalue weighted by Crippen LogP contribution is 2.14. The second-order valence-electron chi connectivity index (χ2n) is 5.68. The number of hydrogen-bond acceptors (Lipinski definition) is 3. The third-order valence-corrected chi connectivity index (χ3v) is 4.21. The molecule has 1 saturated heterocycles. The zero-order valence-corrected chi connectivity index (χ0v) is 13.8. The Morgan fingerprint density at radius 1 is 1.27 bits per heavy atom. The average Bonchev–Trinajstić information content (AvgIpc) is 3.02. The van der Waals surface area contributed by atoms with Crippen LogP contribution >= 0.6 is 11.6 Å². The lowest BCUT2D eigenvalue weighted by Gasteiger charge is -2.27. The molecular formula is C16H22ClN3O2. The number of halogens is 1. The Balaban J connectivity index is 1.84. The highest BCUT2D eigenvalue weighted by atomic mass is 35.5. The number of rotatable bonds is 5. The smallest absolute Gasteiger partial charge is 0.239 e. The summed E-state index contributed by atoms with van der Waals surface area (Å²) in [6, 6.07) is 6.65. The van der Waals surface area contributed by atoms with Gasteiger partial charge in [0.05, 0.1) is 12.6 Å². The van der Waals surface area contributed by atoms with E-state index in [0.717, 1.165) is 25.9 Å². The maximum absolute atomic E-state index is 12.3. The average molecular weight is 324 g/mol. The van der Waals surface area contributed by atoms with Crippen molar-refractivity contribution in [2.75, 3.05) is 32.0 Å². The summed E-state index contributed by atoms with van der Waals surface area (Å²) < 4.78 is 0. The maximum Gasteiger partial charge on any atom is 0.239 e. The van der Waals surface area contributed by atoms with Gasteiger partial charge in [-0.1, -0.05) is 11.6 Å². The van der Waals surface area contributed by atoms with E-state index < -0.39 is 0 Å². The molecule has 1 fully saturated rings. The Morgan fingerprint density at radius 2 is 1.86 bits per heavy atom. The SMILES string of the molecule is C[C@@H](C(=O)N1CCCC1)N(C)CC(=O)Nc1ccc(Cl)cc1. The molecule has 1 N–H and O–H groups in total. The fourth-order valence-electron chi connectivity index (χ4n) is 2.49. The van der Waals surface area contributed by atoms with Crippen LogP contribution in [0.1, 0.15) is 19.8 Å². The van der Waals surface area contributed by atoms with Crippen molar-refractivity contribution in [2.45, 2.75) is 25.8 Å². The van der Waals surface area contributed by atoms with Crippen molar-refractivity contribution in [3.63, 3.8) is 0 Å². The summed E-state index contributed by atoms with van der Waals surface area (Å²) in [6.45, 7) is 3.67. The fraction of sp³-hybridized carbons (Fsp3) is 0.500. The minimum atomic E-state index is -0.297. The predicted molar refractivity (Wildman–Crippen MR) is 88.0 cm³/mol. The molecule has 2 amide bonds. The third-order valence-electron chi connectivity index (χ3n) is 3.96. The van der Waals surface area contributed by atoms with Crippen molar-refractivity contribution >= 4 is 29.1 Å². The highest BCUT2D eigenvalue weighted by Gasteiger charge is 2.26. The van der Waals surface area contributed by atoms with Crippen molar-refractivity contribution in [3.05, 3.63) is 29.3 Å². The number of hydrogen-bond donors (Lipinski definition) is 1. The molecule has 5 nitrogen and oxygen atoms in total. The normalized spacial score (nSPS) is 15.9. The van der Waals surface area contributed by atoms with Gasteiger partial charge >= 0.3 is 0 Å². The molecule has 1 aliphatic heterocycles. The monoisotopic (exact) mass is 323 g/mol. The van der Waals surface area contributed by atoms with Crippen LogP contribution in [0.4, 0.5) is 5.69 Å². The zero-order chi connectivity index (χ0) is 16.1. The molecule has 0 spiro atoms. The number of anilines is 1. The van der Waals surface area contributed by atoms with E-state index in [9.17, 15) is 9.59 Å². The van der Waals surface area contributed by atoms with Gasteiger partial charge in [-0.05, 0) is 51.1 Å². The van der Waals surface area contributed by atoms with Crippen molar-refractivity contribution in [1.29, 1.82) is 0 Å². The highest BCUT2D eigenvalue weighted by molar-refractivity contribution is 6.30. The molecule has 2 rings (SSSR count). The zero-order valence-electron chi connectivity index (χ0n) is 13.0. The van der Waals surface area contributed by atoms with E-state index in [1.807, 2.05) is 11.8 Å². The molecule has 1 aromatic rings. The van der Waals surface area contributed by atoms with Crippen LogP contribution in [0.25, 0.3) is 0 Å². The van der Waals surface area contributed by atoms with E-state index in [1.54, 1.807) is 36.2 Å². The Bertz CT molecular complexity index is 527. The third kappa shape index (κ3) is 4.45. The van der Waals surface area contributed by atoms with Gasteiger partial charge in [0, 0.05) is 23.8 Å². The van der Waals surface area contributed by atoms with Crippen molar-refractivity contribution in [1.82, 2.24) is 9.80 Å². The van der Waals surface area contributed by atoms with Crippen molar-refractivity contribution in [2.24, 2.45) is 0 Å². The fourth-order valence-corrected chi connectivity index (χ4v) is 2.61. The van der Waals surface area contributed by atoms with Gasteiger partial charge in [0.2, 0.25) is 11.8 Å². The maximum atomic E-state index is 12.3. The summed E-state index contributed by atoms with van der Waals surface area (Å²) in [5.74, 6) is -0.0508. The van der Waals surface area contributed by atoms with Gasteiger partial charge in [-0.3, -0.25) is 14.5 Å². The first-order valence-electron chi connectivity index (χ1n) is 7.52.